The molecule has 0 saturated heterocycles. The SMILES string of the molecule is COc1ccc(Br)cc1S(=O)(=O)N(C)C1CCCC1. The van der Waals surface area contributed by atoms with E-state index in [0.717, 1.165) is 30.2 Å². The molecule has 0 atom stereocenters. The second kappa shape index (κ2) is 5.81. The summed E-state index contributed by atoms with van der Waals surface area (Å²) < 4.78 is 32.7. The van der Waals surface area contributed by atoms with E-state index in [2.05, 4.69) is 15.9 Å². The number of nitrogens with zero attached hydrogens (tertiary/aromatic N) is 1. The number of benzene rings is 1. The van der Waals surface area contributed by atoms with Crippen molar-refractivity contribution in [2.24, 2.45) is 0 Å². The molecule has 2 rings (SSSR count). The monoisotopic (exact) mass is 347 g/mol. The second-order valence-electron chi connectivity index (χ2n) is 4.75. The normalized spacial score (nSPS) is 17.1. The van der Waals surface area contributed by atoms with Crippen LogP contribution in [0.1, 0.15) is 25.7 Å². The number of methoxy groups -OCH3 is 1. The number of hydrogen-bond acceptors (Lipinski definition) is 3. The molecule has 0 spiro atoms. The average Bonchev–Trinajstić information content (AvgIpc) is 2.91. The smallest absolute Gasteiger partial charge is 0.246 e. The summed E-state index contributed by atoms with van der Waals surface area (Å²) in [6, 6.07) is 5.14. The summed E-state index contributed by atoms with van der Waals surface area (Å²) >= 11 is 3.31. The molecule has 6 heteroatoms. The van der Waals surface area contributed by atoms with Crippen LogP contribution in [0.3, 0.4) is 0 Å². The minimum atomic E-state index is -3.51. The van der Waals surface area contributed by atoms with E-state index in [4.69, 9.17) is 4.74 Å². The summed E-state index contributed by atoms with van der Waals surface area (Å²) in [6.45, 7) is 0. The van der Waals surface area contributed by atoms with E-state index >= 15 is 0 Å². The number of ether oxygens (including phenoxy) is 1. The zero-order valence-electron chi connectivity index (χ0n) is 11.1. The van der Waals surface area contributed by atoms with Crippen LogP contribution in [-0.4, -0.2) is 32.9 Å². The van der Waals surface area contributed by atoms with Crippen LogP contribution in [0.25, 0.3) is 0 Å². The molecule has 0 amide bonds. The number of halogens is 1. The molecule has 0 radical (unpaired) electrons. The third-order valence-electron chi connectivity index (χ3n) is 3.62. The van der Waals surface area contributed by atoms with E-state index in [1.54, 1.807) is 25.2 Å². The fourth-order valence-electron chi connectivity index (χ4n) is 2.47. The zero-order chi connectivity index (χ0) is 14.0. The third kappa shape index (κ3) is 2.95. The molecule has 4 nitrogen and oxygen atoms in total. The van der Waals surface area contributed by atoms with Crippen LogP contribution in [0, 0.1) is 0 Å². The molecule has 19 heavy (non-hydrogen) atoms. The highest BCUT2D eigenvalue weighted by molar-refractivity contribution is 9.10. The fraction of sp³-hybridized carbons (Fsp3) is 0.538. The molecule has 0 unspecified atom stereocenters. The average molecular weight is 348 g/mol. The van der Waals surface area contributed by atoms with Gasteiger partial charge >= 0.3 is 0 Å². The number of rotatable bonds is 4. The van der Waals surface area contributed by atoms with Gasteiger partial charge < -0.3 is 4.74 Å². The van der Waals surface area contributed by atoms with Gasteiger partial charge in [0.2, 0.25) is 10.0 Å². The highest BCUT2D eigenvalue weighted by Crippen LogP contribution is 2.33. The molecule has 106 valence electrons. The van der Waals surface area contributed by atoms with Gasteiger partial charge in [0.05, 0.1) is 7.11 Å². The van der Waals surface area contributed by atoms with E-state index in [9.17, 15) is 8.42 Å². The minimum Gasteiger partial charge on any atom is -0.495 e. The van der Waals surface area contributed by atoms with Crippen LogP contribution in [0.4, 0.5) is 0 Å². The standard InChI is InChI=1S/C13H18BrNO3S/c1-15(11-5-3-4-6-11)19(16,17)13-9-10(14)7-8-12(13)18-2/h7-9,11H,3-6H2,1-2H3. The predicted octanol–water partition coefficient (Wildman–Crippen LogP) is 3.02. The van der Waals surface area contributed by atoms with Crippen LogP contribution in [0.15, 0.2) is 27.6 Å². The van der Waals surface area contributed by atoms with Gasteiger partial charge in [-0.2, -0.15) is 4.31 Å². The summed E-state index contributed by atoms with van der Waals surface area (Å²) in [4.78, 5) is 0.221. The Morgan fingerprint density at radius 1 is 1.32 bits per heavy atom. The lowest BCUT2D eigenvalue weighted by Crippen LogP contribution is -2.35. The van der Waals surface area contributed by atoms with E-state index < -0.39 is 10.0 Å². The van der Waals surface area contributed by atoms with Gasteiger partial charge in [-0.3, -0.25) is 0 Å². The Morgan fingerprint density at radius 3 is 2.53 bits per heavy atom. The Kier molecular flexibility index (Phi) is 4.53. The first kappa shape index (κ1) is 14.8. The summed E-state index contributed by atoms with van der Waals surface area (Å²) in [6.07, 6.45) is 4.07. The van der Waals surface area contributed by atoms with E-state index in [0.29, 0.717) is 5.75 Å². The Hall–Kier alpha value is -0.590. The third-order valence-corrected chi connectivity index (χ3v) is 6.05. The van der Waals surface area contributed by atoms with Crippen molar-refractivity contribution >= 4 is 26.0 Å². The molecule has 0 bridgehead atoms. The summed E-state index contributed by atoms with van der Waals surface area (Å²) in [5.41, 5.74) is 0. The molecule has 1 aliphatic carbocycles. The van der Waals surface area contributed by atoms with Gasteiger partial charge in [-0.15, -0.1) is 0 Å². The van der Waals surface area contributed by atoms with Crippen molar-refractivity contribution in [1.82, 2.24) is 4.31 Å². The Balaban J connectivity index is 2.40. The lowest BCUT2D eigenvalue weighted by molar-refractivity contribution is 0.365. The summed E-state index contributed by atoms with van der Waals surface area (Å²) in [5, 5.41) is 0. The van der Waals surface area contributed by atoms with Gasteiger partial charge in [-0.1, -0.05) is 28.8 Å². The Labute approximate surface area is 122 Å². The van der Waals surface area contributed by atoms with Gasteiger partial charge in [0, 0.05) is 17.6 Å². The highest BCUT2D eigenvalue weighted by Gasteiger charge is 2.32. The lowest BCUT2D eigenvalue weighted by Gasteiger charge is -2.24. The molecular weight excluding hydrogens is 330 g/mol. The van der Waals surface area contributed by atoms with Crippen molar-refractivity contribution < 1.29 is 13.2 Å². The molecule has 0 N–H and O–H groups in total. The van der Waals surface area contributed by atoms with Crippen molar-refractivity contribution in [1.29, 1.82) is 0 Å². The topological polar surface area (TPSA) is 46.6 Å². The van der Waals surface area contributed by atoms with Crippen molar-refractivity contribution in [3.63, 3.8) is 0 Å². The molecule has 0 heterocycles. The maximum atomic E-state index is 12.7. The number of hydrogen-bond donors (Lipinski definition) is 0. The fourth-order valence-corrected chi connectivity index (χ4v) is 4.58. The van der Waals surface area contributed by atoms with Gasteiger partial charge in [0.15, 0.2) is 0 Å². The molecule has 1 fully saturated rings. The summed E-state index contributed by atoms with van der Waals surface area (Å²) in [5.74, 6) is 0.382. The van der Waals surface area contributed by atoms with Crippen molar-refractivity contribution in [3.05, 3.63) is 22.7 Å². The van der Waals surface area contributed by atoms with Crippen LogP contribution < -0.4 is 4.74 Å². The second-order valence-corrected chi connectivity index (χ2v) is 7.64. The molecule has 0 aromatic heterocycles. The Bertz CT molecular complexity index is 553. The van der Waals surface area contributed by atoms with Gasteiger partial charge in [0.1, 0.15) is 10.6 Å². The number of sulfonamides is 1. The quantitative estimate of drug-likeness (QED) is 0.840. The zero-order valence-corrected chi connectivity index (χ0v) is 13.5. The van der Waals surface area contributed by atoms with Crippen molar-refractivity contribution in [2.75, 3.05) is 14.2 Å². The molecule has 1 aliphatic rings. The van der Waals surface area contributed by atoms with Crippen LogP contribution in [-0.2, 0) is 10.0 Å². The van der Waals surface area contributed by atoms with Gasteiger partial charge in [-0.25, -0.2) is 8.42 Å². The maximum Gasteiger partial charge on any atom is 0.246 e. The van der Waals surface area contributed by atoms with E-state index in [-0.39, 0.29) is 10.9 Å². The molecule has 1 aromatic rings. The molecule has 1 aromatic carbocycles. The van der Waals surface area contributed by atoms with Crippen molar-refractivity contribution in [3.8, 4) is 5.75 Å². The first-order valence-corrected chi connectivity index (χ1v) is 8.51. The van der Waals surface area contributed by atoms with Crippen LogP contribution in [0.2, 0.25) is 0 Å². The highest BCUT2D eigenvalue weighted by atomic mass is 79.9. The predicted molar refractivity (Wildman–Crippen MR) is 77.9 cm³/mol. The maximum absolute atomic E-state index is 12.7. The molecular formula is C13H18BrNO3S. The molecule has 0 aliphatic heterocycles. The van der Waals surface area contributed by atoms with Crippen LogP contribution in [0.5, 0.6) is 5.75 Å². The van der Waals surface area contributed by atoms with Gasteiger partial charge in [0.25, 0.3) is 0 Å². The van der Waals surface area contributed by atoms with Crippen LogP contribution >= 0.6 is 15.9 Å². The van der Waals surface area contributed by atoms with E-state index in [1.807, 2.05) is 0 Å². The minimum absolute atomic E-state index is 0.105. The van der Waals surface area contributed by atoms with Crippen molar-refractivity contribution in [2.45, 2.75) is 36.6 Å². The van der Waals surface area contributed by atoms with E-state index in [1.165, 1.54) is 11.4 Å². The van der Waals surface area contributed by atoms with Gasteiger partial charge in [-0.05, 0) is 31.0 Å². The largest absolute Gasteiger partial charge is 0.495 e. The first-order valence-electron chi connectivity index (χ1n) is 6.28. The lowest BCUT2D eigenvalue weighted by atomic mass is 10.3. The Morgan fingerprint density at radius 2 is 1.95 bits per heavy atom. The summed E-state index contributed by atoms with van der Waals surface area (Å²) in [7, 11) is -0.367. The molecule has 1 saturated carbocycles. The first-order chi connectivity index (χ1) is 8.96.